The Balaban J connectivity index is 1.02. The summed E-state index contributed by atoms with van der Waals surface area (Å²) in [7, 11) is 0. The quantitative estimate of drug-likeness (QED) is 0.362. The Morgan fingerprint density at radius 1 is 0.930 bits per heavy atom. The van der Waals surface area contributed by atoms with Gasteiger partial charge in [-0.1, -0.05) is 30.3 Å². The second-order valence-corrected chi connectivity index (χ2v) is 11.6. The number of nitrogens with one attached hydrogen (secondary N) is 1. The summed E-state index contributed by atoms with van der Waals surface area (Å²) >= 11 is 0. The second kappa shape index (κ2) is 10.9. The monoisotopic (exact) mass is 579 g/mol. The second-order valence-electron chi connectivity index (χ2n) is 11.6. The van der Waals surface area contributed by atoms with Crippen molar-refractivity contribution in [1.82, 2.24) is 24.7 Å². The van der Waals surface area contributed by atoms with E-state index in [0.717, 1.165) is 37.1 Å². The molecule has 1 aromatic heterocycles. The van der Waals surface area contributed by atoms with E-state index in [4.69, 9.17) is 0 Å². The molecule has 0 aliphatic carbocycles. The average molecular weight is 580 g/mol. The van der Waals surface area contributed by atoms with E-state index in [9.17, 15) is 23.6 Å². The first-order valence-electron chi connectivity index (χ1n) is 14.6. The van der Waals surface area contributed by atoms with Crippen LogP contribution in [0.25, 0.3) is 16.6 Å². The summed E-state index contributed by atoms with van der Waals surface area (Å²) in [4.78, 5) is 58.6. The molecule has 0 bridgehead atoms. The van der Waals surface area contributed by atoms with Crippen LogP contribution < -0.4 is 10.9 Å². The topological polar surface area (TPSA) is 105 Å². The number of nitrogens with zero attached hydrogens (tertiary/aromatic N) is 4. The number of amides is 3. The molecule has 10 heteroatoms. The van der Waals surface area contributed by atoms with Gasteiger partial charge in [0.05, 0.1) is 16.6 Å². The Morgan fingerprint density at radius 2 is 1.74 bits per heavy atom. The number of hydrogen-bond acceptors (Lipinski definition) is 6. The molecule has 3 aliphatic heterocycles. The number of rotatable bonds is 5. The third-order valence-electron chi connectivity index (χ3n) is 8.95. The van der Waals surface area contributed by atoms with Crippen LogP contribution in [0.1, 0.15) is 58.6 Å². The van der Waals surface area contributed by atoms with E-state index >= 15 is 0 Å². The van der Waals surface area contributed by atoms with Gasteiger partial charge in [-0.25, -0.2) is 9.37 Å². The lowest BCUT2D eigenvalue weighted by Gasteiger charge is -2.32. The highest BCUT2D eigenvalue weighted by molar-refractivity contribution is 6.05. The van der Waals surface area contributed by atoms with Crippen LogP contribution in [0.5, 0.6) is 0 Å². The molecule has 0 saturated carbocycles. The minimum atomic E-state index is -0.613. The molecule has 0 spiro atoms. The van der Waals surface area contributed by atoms with Crippen LogP contribution in [0.2, 0.25) is 0 Å². The van der Waals surface area contributed by atoms with Gasteiger partial charge in [-0.15, -0.1) is 0 Å². The Labute approximate surface area is 246 Å². The van der Waals surface area contributed by atoms with Crippen LogP contribution in [0.15, 0.2) is 71.8 Å². The molecule has 4 heterocycles. The molecular formula is C33H30FN5O4. The first-order chi connectivity index (χ1) is 20.9. The van der Waals surface area contributed by atoms with Gasteiger partial charge < -0.3 is 4.90 Å². The number of hydrogen-bond donors (Lipinski definition) is 1. The Morgan fingerprint density at radius 3 is 2.53 bits per heavy atom. The summed E-state index contributed by atoms with van der Waals surface area (Å²) in [6.45, 7) is 2.83. The highest BCUT2D eigenvalue weighted by atomic mass is 19.1. The predicted octanol–water partition coefficient (Wildman–Crippen LogP) is 3.67. The number of carbonyl (C=O) groups is 3. The van der Waals surface area contributed by atoms with Crippen molar-refractivity contribution in [2.75, 3.05) is 13.1 Å². The fourth-order valence-corrected chi connectivity index (χ4v) is 6.62. The molecule has 2 saturated heterocycles. The van der Waals surface area contributed by atoms with Crippen molar-refractivity contribution in [3.8, 4) is 5.69 Å². The molecule has 1 unspecified atom stereocenters. The van der Waals surface area contributed by atoms with Gasteiger partial charge >= 0.3 is 0 Å². The molecule has 1 atom stereocenters. The lowest BCUT2D eigenvalue weighted by molar-refractivity contribution is -0.136. The van der Waals surface area contributed by atoms with Gasteiger partial charge in [-0.3, -0.25) is 34.0 Å². The summed E-state index contributed by atoms with van der Waals surface area (Å²) in [6.07, 6.45) is 3.87. The molecule has 2 fully saturated rings. The maximum Gasteiger partial charge on any atom is 0.265 e. The standard InChI is InChI=1S/C33H30FN5O4/c34-26-3-1-2-4-28(26)39-19-35-27-8-5-20(15-25(27)33(39)43)17-37-13-11-21(12-14-37)22-6-7-24-23(16-22)18-38(32(24)42)29-9-10-30(40)36-31(29)41/h1-8,15-16,19,21,29H,9-14,17-18H2,(H,36,40,41). The van der Waals surface area contributed by atoms with Gasteiger partial charge in [-0.05, 0) is 85.3 Å². The highest BCUT2D eigenvalue weighted by Crippen LogP contribution is 2.34. The highest BCUT2D eigenvalue weighted by Gasteiger charge is 2.39. The van der Waals surface area contributed by atoms with Crippen molar-refractivity contribution in [2.45, 2.75) is 50.7 Å². The number of para-hydroxylation sites is 1. The number of aromatic nitrogens is 2. The van der Waals surface area contributed by atoms with Crippen LogP contribution >= 0.6 is 0 Å². The van der Waals surface area contributed by atoms with E-state index in [-0.39, 0.29) is 29.5 Å². The van der Waals surface area contributed by atoms with Crippen molar-refractivity contribution in [1.29, 1.82) is 0 Å². The number of halogens is 1. The molecule has 3 aromatic carbocycles. The third-order valence-corrected chi connectivity index (χ3v) is 8.95. The lowest BCUT2D eigenvalue weighted by Crippen LogP contribution is -2.52. The summed E-state index contributed by atoms with van der Waals surface area (Å²) in [6, 6.07) is 17.2. The molecule has 1 N–H and O–H groups in total. The smallest absolute Gasteiger partial charge is 0.265 e. The molecule has 7 rings (SSSR count). The number of carbonyl (C=O) groups excluding carboxylic acids is 3. The van der Waals surface area contributed by atoms with Gasteiger partial charge in [0.25, 0.3) is 11.5 Å². The molecule has 9 nitrogen and oxygen atoms in total. The fourth-order valence-electron chi connectivity index (χ4n) is 6.62. The summed E-state index contributed by atoms with van der Waals surface area (Å²) in [5.41, 5.74) is 4.20. The third kappa shape index (κ3) is 5.01. The molecule has 218 valence electrons. The molecule has 43 heavy (non-hydrogen) atoms. The Kier molecular flexibility index (Phi) is 6.85. The van der Waals surface area contributed by atoms with Crippen molar-refractivity contribution in [3.05, 3.63) is 105 Å². The SMILES string of the molecule is O=C1CCC(N2Cc3cc(C4CCN(Cc5ccc6ncn(-c7ccccc7F)c(=O)c6c5)CC4)ccc3C2=O)C(=O)N1. The van der Waals surface area contributed by atoms with Crippen LogP contribution in [0.3, 0.4) is 0 Å². The van der Waals surface area contributed by atoms with Gasteiger partial charge in [-0.2, -0.15) is 0 Å². The van der Waals surface area contributed by atoms with Crippen molar-refractivity contribution in [2.24, 2.45) is 0 Å². The normalized spacial score (nSPS) is 19.6. The predicted molar refractivity (Wildman–Crippen MR) is 157 cm³/mol. The first-order valence-corrected chi connectivity index (χ1v) is 14.6. The van der Waals surface area contributed by atoms with Crippen molar-refractivity contribution < 1.29 is 18.8 Å². The fraction of sp³-hybridized carbons (Fsp3) is 0.303. The number of imide groups is 1. The number of piperidine rings is 2. The van der Waals surface area contributed by atoms with Crippen molar-refractivity contribution >= 4 is 28.6 Å². The number of fused-ring (bicyclic) bond motifs is 2. The van der Waals surface area contributed by atoms with Gasteiger partial charge in [0.2, 0.25) is 11.8 Å². The molecule has 0 radical (unpaired) electrons. The van der Waals surface area contributed by atoms with Crippen LogP contribution in [-0.4, -0.2) is 56.2 Å². The van der Waals surface area contributed by atoms with Gasteiger partial charge in [0, 0.05) is 25.1 Å². The van der Waals surface area contributed by atoms with Crippen LogP contribution in [-0.2, 0) is 22.7 Å². The zero-order chi connectivity index (χ0) is 29.7. The minimum Gasteiger partial charge on any atom is -0.322 e. The van der Waals surface area contributed by atoms with Gasteiger partial charge in [0.15, 0.2) is 0 Å². The van der Waals surface area contributed by atoms with Gasteiger partial charge in [0.1, 0.15) is 18.2 Å². The Bertz CT molecular complexity index is 1850. The Hall–Kier alpha value is -4.70. The molecular weight excluding hydrogens is 549 g/mol. The lowest BCUT2D eigenvalue weighted by atomic mass is 9.87. The molecule has 4 aromatic rings. The van der Waals surface area contributed by atoms with E-state index in [0.29, 0.717) is 41.9 Å². The maximum atomic E-state index is 14.4. The summed E-state index contributed by atoms with van der Waals surface area (Å²) in [5, 5.41) is 2.81. The van der Waals surface area contributed by atoms with Crippen molar-refractivity contribution in [3.63, 3.8) is 0 Å². The number of likely N-dealkylation sites (tertiary alicyclic amines) is 1. The minimum absolute atomic E-state index is 0.155. The zero-order valence-corrected chi connectivity index (χ0v) is 23.5. The summed E-state index contributed by atoms with van der Waals surface area (Å²) < 4.78 is 15.6. The van der Waals surface area contributed by atoms with E-state index < -0.39 is 17.8 Å². The van der Waals surface area contributed by atoms with Crippen LogP contribution in [0.4, 0.5) is 4.39 Å². The molecule has 3 amide bonds. The van der Waals surface area contributed by atoms with E-state index in [1.807, 2.05) is 30.3 Å². The number of benzene rings is 3. The van der Waals surface area contributed by atoms with Crippen LogP contribution in [0, 0.1) is 5.82 Å². The summed E-state index contributed by atoms with van der Waals surface area (Å²) in [5.74, 6) is -0.971. The zero-order valence-electron chi connectivity index (χ0n) is 23.5. The first kappa shape index (κ1) is 27.2. The van der Waals surface area contributed by atoms with E-state index in [2.05, 4.69) is 21.3 Å². The molecule has 3 aliphatic rings. The average Bonchev–Trinajstić information content (AvgIpc) is 3.33. The van der Waals surface area contributed by atoms with E-state index in [1.165, 1.54) is 22.5 Å². The largest absolute Gasteiger partial charge is 0.322 e. The maximum absolute atomic E-state index is 14.4. The van der Waals surface area contributed by atoms with E-state index in [1.54, 1.807) is 23.1 Å².